The molecule has 2 aromatic heterocycles. The second-order valence-corrected chi connectivity index (χ2v) is 11.9. The molecule has 0 saturated heterocycles. The van der Waals surface area contributed by atoms with E-state index in [0.29, 0.717) is 17.5 Å². The monoisotopic (exact) mass is 612 g/mol. The lowest BCUT2D eigenvalue weighted by Crippen LogP contribution is -2.00. The van der Waals surface area contributed by atoms with Crippen LogP contribution >= 0.6 is 0 Å². The summed E-state index contributed by atoms with van der Waals surface area (Å²) in [6.07, 6.45) is 3.62. The predicted molar refractivity (Wildman–Crippen MR) is 197 cm³/mol. The molecule has 7 aromatic carbocycles. The van der Waals surface area contributed by atoms with Gasteiger partial charge in [-0.25, -0.2) is 15.0 Å². The first-order chi connectivity index (χ1) is 23.8. The first-order valence-electron chi connectivity index (χ1n) is 16.0. The number of hydrogen-bond donors (Lipinski definition) is 0. The normalized spacial score (nSPS) is 11.3. The molecule has 0 saturated carbocycles. The zero-order valence-electron chi connectivity index (χ0n) is 26.0. The number of aromatic nitrogens is 4. The third-order valence-electron chi connectivity index (χ3n) is 9.03. The number of benzene rings is 7. The molecule has 9 rings (SSSR count). The van der Waals surface area contributed by atoms with Crippen LogP contribution in [0.3, 0.4) is 0 Å². The molecule has 0 fully saturated rings. The van der Waals surface area contributed by atoms with Gasteiger partial charge in [0.15, 0.2) is 17.5 Å². The van der Waals surface area contributed by atoms with Crippen LogP contribution in [0, 0.1) is 0 Å². The SMILES string of the molecule is c1ccc(-c2nc(-c3ccc(-c4ccncc4)cc3)nc(-c3ccc(-c4cc5ccc6ccccc6c5c5ccccc45)cc3)n2)cc1. The number of rotatable bonds is 5. The molecule has 0 bridgehead atoms. The van der Waals surface area contributed by atoms with Gasteiger partial charge in [0.2, 0.25) is 0 Å². The lowest BCUT2D eigenvalue weighted by Gasteiger charge is -2.14. The van der Waals surface area contributed by atoms with Crippen molar-refractivity contribution in [1.82, 2.24) is 19.9 Å². The molecule has 0 unspecified atom stereocenters. The van der Waals surface area contributed by atoms with E-state index in [-0.39, 0.29) is 0 Å². The second kappa shape index (κ2) is 11.7. The zero-order valence-corrected chi connectivity index (χ0v) is 26.0. The number of nitrogens with zero attached hydrogens (tertiary/aromatic N) is 4. The molecule has 0 N–H and O–H groups in total. The van der Waals surface area contributed by atoms with Crippen LogP contribution in [0.4, 0.5) is 0 Å². The summed E-state index contributed by atoms with van der Waals surface area (Å²) in [4.78, 5) is 19.0. The van der Waals surface area contributed by atoms with Crippen LogP contribution in [0.1, 0.15) is 0 Å². The third-order valence-corrected chi connectivity index (χ3v) is 9.03. The van der Waals surface area contributed by atoms with Crippen LogP contribution in [0.2, 0.25) is 0 Å². The Bertz CT molecular complexity index is 2580. The minimum atomic E-state index is 0.636. The third kappa shape index (κ3) is 4.97. The van der Waals surface area contributed by atoms with Crippen LogP contribution in [-0.2, 0) is 0 Å². The van der Waals surface area contributed by atoms with Gasteiger partial charge in [-0.3, -0.25) is 4.98 Å². The fraction of sp³-hybridized carbons (Fsp3) is 0. The highest BCUT2D eigenvalue weighted by Gasteiger charge is 2.15. The quantitative estimate of drug-likeness (QED) is 0.181. The summed E-state index contributed by atoms with van der Waals surface area (Å²) < 4.78 is 0. The lowest BCUT2D eigenvalue weighted by molar-refractivity contribution is 1.07. The van der Waals surface area contributed by atoms with Gasteiger partial charge in [-0.2, -0.15) is 0 Å². The van der Waals surface area contributed by atoms with E-state index in [9.17, 15) is 0 Å². The Morgan fingerprint density at radius 3 is 1.46 bits per heavy atom. The van der Waals surface area contributed by atoms with Crippen molar-refractivity contribution >= 4 is 32.3 Å². The summed E-state index contributed by atoms with van der Waals surface area (Å²) >= 11 is 0. The van der Waals surface area contributed by atoms with E-state index in [1.807, 2.05) is 54.9 Å². The Balaban J connectivity index is 1.14. The van der Waals surface area contributed by atoms with Gasteiger partial charge >= 0.3 is 0 Å². The second-order valence-electron chi connectivity index (χ2n) is 11.9. The van der Waals surface area contributed by atoms with Crippen molar-refractivity contribution in [1.29, 1.82) is 0 Å². The van der Waals surface area contributed by atoms with Gasteiger partial charge in [0.05, 0.1) is 0 Å². The molecule has 224 valence electrons. The van der Waals surface area contributed by atoms with Crippen LogP contribution < -0.4 is 0 Å². The van der Waals surface area contributed by atoms with Crippen molar-refractivity contribution in [3.63, 3.8) is 0 Å². The van der Waals surface area contributed by atoms with Crippen LogP contribution in [-0.4, -0.2) is 19.9 Å². The maximum absolute atomic E-state index is 4.99. The van der Waals surface area contributed by atoms with Crippen molar-refractivity contribution in [2.75, 3.05) is 0 Å². The molecule has 0 amide bonds. The topological polar surface area (TPSA) is 51.6 Å². The molecule has 9 aromatic rings. The first kappa shape index (κ1) is 27.8. The Hall–Kier alpha value is -6.52. The molecular formula is C44H28N4. The molecule has 0 aliphatic heterocycles. The van der Waals surface area contributed by atoms with Gasteiger partial charge in [-0.15, -0.1) is 0 Å². The maximum atomic E-state index is 4.99. The minimum absolute atomic E-state index is 0.636. The van der Waals surface area contributed by atoms with Gasteiger partial charge in [0.1, 0.15) is 0 Å². The highest BCUT2D eigenvalue weighted by molar-refractivity contribution is 6.23. The van der Waals surface area contributed by atoms with Gasteiger partial charge in [-0.05, 0) is 72.8 Å². The maximum Gasteiger partial charge on any atom is 0.164 e. The van der Waals surface area contributed by atoms with Gasteiger partial charge in [0, 0.05) is 29.1 Å². The van der Waals surface area contributed by atoms with Crippen LogP contribution in [0.15, 0.2) is 170 Å². The summed E-state index contributed by atoms with van der Waals surface area (Å²) in [6.45, 7) is 0. The summed E-state index contributed by atoms with van der Waals surface area (Å²) in [5.74, 6) is 1.92. The van der Waals surface area contributed by atoms with E-state index >= 15 is 0 Å². The summed E-state index contributed by atoms with van der Waals surface area (Å²) in [5.41, 5.74) is 7.39. The number of pyridine rings is 1. The molecule has 0 radical (unpaired) electrons. The van der Waals surface area contributed by atoms with Crippen molar-refractivity contribution in [3.05, 3.63) is 170 Å². The minimum Gasteiger partial charge on any atom is -0.265 e. The van der Waals surface area contributed by atoms with Crippen molar-refractivity contribution in [2.24, 2.45) is 0 Å². The molecule has 2 heterocycles. The summed E-state index contributed by atoms with van der Waals surface area (Å²) in [5, 5.41) is 7.55. The van der Waals surface area contributed by atoms with Crippen LogP contribution in [0.5, 0.6) is 0 Å². The molecule has 0 spiro atoms. The van der Waals surface area contributed by atoms with Crippen molar-refractivity contribution in [3.8, 4) is 56.4 Å². The molecule has 0 aliphatic carbocycles. The number of hydrogen-bond acceptors (Lipinski definition) is 4. The smallest absolute Gasteiger partial charge is 0.164 e. The average Bonchev–Trinajstić information content (AvgIpc) is 3.18. The first-order valence-corrected chi connectivity index (χ1v) is 16.0. The molecule has 4 heteroatoms. The fourth-order valence-electron chi connectivity index (χ4n) is 6.62. The van der Waals surface area contributed by atoms with E-state index in [1.165, 1.54) is 37.9 Å². The average molecular weight is 613 g/mol. The van der Waals surface area contributed by atoms with E-state index < -0.39 is 0 Å². The molecule has 4 nitrogen and oxygen atoms in total. The molecule has 0 atom stereocenters. The van der Waals surface area contributed by atoms with Gasteiger partial charge < -0.3 is 0 Å². The van der Waals surface area contributed by atoms with Gasteiger partial charge in [0.25, 0.3) is 0 Å². The van der Waals surface area contributed by atoms with Gasteiger partial charge in [-0.1, -0.05) is 140 Å². The Kier molecular flexibility index (Phi) is 6.76. The lowest BCUT2D eigenvalue weighted by atomic mass is 9.90. The Morgan fingerprint density at radius 1 is 0.312 bits per heavy atom. The van der Waals surface area contributed by atoms with E-state index in [0.717, 1.165) is 33.4 Å². The van der Waals surface area contributed by atoms with Crippen molar-refractivity contribution in [2.45, 2.75) is 0 Å². The Morgan fingerprint density at radius 2 is 0.792 bits per heavy atom. The summed E-state index contributed by atoms with van der Waals surface area (Å²) in [7, 11) is 0. The standard InChI is InChI=1S/C44H28N4/c1-2-9-33(10-3-1)42-46-43(34-19-14-29(15-20-34)30-24-26-45-27-25-30)48-44(47-42)35-21-16-32(17-22-35)40-28-36-23-18-31-8-4-5-11-37(31)41(36)39-13-7-6-12-38(39)40/h1-28H. The fourth-order valence-corrected chi connectivity index (χ4v) is 6.62. The zero-order chi connectivity index (χ0) is 31.9. The predicted octanol–water partition coefficient (Wildman–Crippen LogP) is 11.1. The molecule has 0 aliphatic rings. The van der Waals surface area contributed by atoms with Crippen molar-refractivity contribution < 1.29 is 0 Å². The van der Waals surface area contributed by atoms with E-state index in [1.54, 1.807) is 0 Å². The highest BCUT2D eigenvalue weighted by atomic mass is 15.0. The largest absolute Gasteiger partial charge is 0.265 e. The highest BCUT2D eigenvalue weighted by Crippen LogP contribution is 2.39. The molecule has 48 heavy (non-hydrogen) atoms. The Labute approximate surface area is 278 Å². The molecular weight excluding hydrogens is 585 g/mol. The van der Waals surface area contributed by atoms with E-state index in [2.05, 4.69) is 120 Å². The summed E-state index contributed by atoms with van der Waals surface area (Å²) in [6, 6.07) is 55.2. The van der Waals surface area contributed by atoms with Crippen LogP contribution in [0.25, 0.3) is 88.7 Å². The van der Waals surface area contributed by atoms with E-state index in [4.69, 9.17) is 15.0 Å². The number of fused-ring (bicyclic) bond motifs is 5.